The topological polar surface area (TPSA) is 29.1 Å². The molecule has 0 fully saturated rings. The Bertz CT molecular complexity index is 361. The largest absolute Gasteiger partial charge is 0.326 e. The maximum atomic E-state index is 11.6. The van der Waals surface area contributed by atoms with Gasteiger partial charge in [0.05, 0.1) is 0 Å². The summed E-state index contributed by atoms with van der Waals surface area (Å²) >= 11 is 3.63. The van der Waals surface area contributed by atoms with Crippen LogP contribution in [0.25, 0.3) is 0 Å². The van der Waals surface area contributed by atoms with Crippen molar-refractivity contribution in [3.63, 3.8) is 0 Å². The van der Waals surface area contributed by atoms with Crippen LogP contribution in [-0.2, 0) is 11.2 Å². The summed E-state index contributed by atoms with van der Waals surface area (Å²) in [6.45, 7) is 4.26. The zero-order valence-corrected chi connectivity index (χ0v) is 12.8. The SMILES string of the molecule is CCCCC(=O)Nc1ccc(CC(Br)CC)cc1. The summed E-state index contributed by atoms with van der Waals surface area (Å²) in [6, 6.07) is 8.13. The number of amides is 1. The van der Waals surface area contributed by atoms with Crippen molar-refractivity contribution in [1.82, 2.24) is 0 Å². The van der Waals surface area contributed by atoms with Gasteiger partial charge in [0.15, 0.2) is 0 Å². The Morgan fingerprint density at radius 3 is 2.50 bits per heavy atom. The van der Waals surface area contributed by atoms with E-state index in [1.807, 2.05) is 12.1 Å². The number of hydrogen-bond donors (Lipinski definition) is 1. The highest BCUT2D eigenvalue weighted by molar-refractivity contribution is 9.09. The molecular formula is C15H22BrNO. The fourth-order valence-electron chi connectivity index (χ4n) is 1.69. The molecule has 0 saturated heterocycles. The van der Waals surface area contributed by atoms with E-state index < -0.39 is 0 Å². The van der Waals surface area contributed by atoms with E-state index >= 15 is 0 Å². The number of carbonyl (C=O) groups excluding carboxylic acids is 1. The van der Waals surface area contributed by atoms with Gasteiger partial charge in [0, 0.05) is 16.9 Å². The first-order valence-corrected chi connectivity index (χ1v) is 7.60. The molecule has 0 spiro atoms. The predicted molar refractivity (Wildman–Crippen MR) is 81.3 cm³/mol. The lowest BCUT2D eigenvalue weighted by Gasteiger charge is -2.08. The van der Waals surface area contributed by atoms with E-state index in [2.05, 4.69) is 47.2 Å². The summed E-state index contributed by atoms with van der Waals surface area (Å²) in [6.07, 6.45) is 4.76. The average Bonchev–Trinajstić information content (AvgIpc) is 2.38. The van der Waals surface area contributed by atoms with E-state index in [-0.39, 0.29) is 5.91 Å². The van der Waals surface area contributed by atoms with Crippen molar-refractivity contribution >= 4 is 27.5 Å². The van der Waals surface area contributed by atoms with E-state index in [1.165, 1.54) is 5.56 Å². The number of carbonyl (C=O) groups is 1. The summed E-state index contributed by atoms with van der Waals surface area (Å²) in [5.74, 6) is 0.108. The molecule has 0 heterocycles. The summed E-state index contributed by atoms with van der Waals surface area (Å²) in [4.78, 5) is 12.1. The van der Waals surface area contributed by atoms with Crippen molar-refractivity contribution in [2.45, 2.75) is 50.8 Å². The molecule has 0 radical (unpaired) electrons. The van der Waals surface area contributed by atoms with Crippen LogP contribution in [0.5, 0.6) is 0 Å². The van der Waals surface area contributed by atoms with Crippen molar-refractivity contribution in [2.75, 3.05) is 5.32 Å². The molecule has 1 atom stereocenters. The van der Waals surface area contributed by atoms with Gasteiger partial charge in [-0.05, 0) is 37.0 Å². The van der Waals surface area contributed by atoms with Gasteiger partial charge < -0.3 is 5.32 Å². The number of nitrogens with one attached hydrogen (secondary N) is 1. The molecule has 0 aromatic heterocycles. The van der Waals surface area contributed by atoms with Crippen LogP contribution >= 0.6 is 15.9 Å². The zero-order valence-electron chi connectivity index (χ0n) is 11.2. The van der Waals surface area contributed by atoms with Crippen LogP contribution in [0.2, 0.25) is 0 Å². The van der Waals surface area contributed by atoms with E-state index in [4.69, 9.17) is 0 Å². The second-order valence-electron chi connectivity index (χ2n) is 4.56. The number of anilines is 1. The van der Waals surface area contributed by atoms with Crippen molar-refractivity contribution in [3.05, 3.63) is 29.8 Å². The van der Waals surface area contributed by atoms with E-state index in [0.29, 0.717) is 11.2 Å². The Morgan fingerprint density at radius 1 is 1.28 bits per heavy atom. The average molecular weight is 312 g/mol. The van der Waals surface area contributed by atoms with Gasteiger partial charge in [-0.1, -0.05) is 48.3 Å². The van der Waals surface area contributed by atoms with Crippen molar-refractivity contribution in [3.8, 4) is 0 Å². The third-order valence-electron chi connectivity index (χ3n) is 2.90. The molecule has 1 unspecified atom stereocenters. The minimum absolute atomic E-state index is 0.108. The Balaban J connectivity index is 2.47. The number of unbranched alkanes of at least 4 members (excludes halogenated alkanes) is 1. The summed E-state index contributed by atoms with van der Waals surface area (Å²) in [7, 11) is 0. The van der Waals surface area contributed by atoms with Crippen molar-refractivity contribution in [1.29, 1.82) is 0 Å². The highest BCUT2D eigenvalue weighted by Crippen LogP contribution is 2.16. The van der Waals surface area contributed by atoms with E-state index in [1.54, 1.807) is 0 Å². The summed E-state index contributed by atoms with van der Waals surface area (Å²) in [5.41, 5.74) is 2.19. The second kappa shape index (κ2) is 8.30. The highest BCUT2D eigenvalue weighted by Gasteiger charge is 2.04. The lowest BCUT2D eigenvalue weighted by molar-refractivity contribution is -0.116. The molecule has 1 rings (SSSR count). The number of halogens is 1. The van der Waals surface area contributed by atoms with Gasteiger partial charge in [-0.15, -0.1) is 0 Å². The molecule has 0 bridgehead atoms. The summed E-state index contributed by atoms with van der Waals surface area (Å²) in [5, 5.41) is 2.92. The first-order chi connectivity index (χ1) is 8.65. The van der Waals surface area contributed by atoms with Gasteiger partial charge in [0.25, 0.3) is 0 Å². The first-order valence-electron chi connectivity index (χ1n) is 6.68. The summed E-state index contributed by atoms with van der Waals surface area (Å²) < 4.78 is 0. The molecule has 1 aromatic rings. The highest BCUT2D eigenvalue weighted by atomic mass is 79.9. The smallest absolute Gasteiger partial charge is 0.224 e. The van der Waals surface area contributed by atoms with Crippen LogP contribution in [0, 0.1) is 0 Å². The Hall–Kier alpha value is -0.830. The van der Waals surface area contributed by atoms with Crippen molar-refractivity contribution in [2.24, 2.45) is 0 Å². The molecule has 1 N–H and O–H groups in total. The molecule has 100 valence electrons. The number of alkyl halides is 1. The molecule has 18 heavy (non-hydrogen) atoms. The van der Waals surface area contributed by atoms with Crippen LogP contribution in [0.4, 0.5) is 5.69 Å². The lowest BCUT2D eigenvalue weighted by Crippen LogP contribution is -2.11. The van der Waals surface area contributed by atoms with Crippen molar-refractivity contribution < 1.29 is 4.79 Å². The number of hydrogen-bond acceptors (Lipinski definition) is 1. The van der Waals surface area contributed by atoms with Gasteiger partial charge in [-0.3, -0.25) is 4.79 Å². The van der Waals surface area contributed by atoms with E-state index in [0.717, 1.165) is 31.4 Å². The maximum Gasteiger partial charge on any atom is 0.224 e. The standard InChI is InChI=1S/C15H22BrNO/c1-3-5-6-15(18)17-14-9-7-12(8-10-14)11-13(16)4-2/h7-10,13H,3-6,11H2,1-2H3,(H,17,18). The van der Waals surface area contributed by atoms with Gasteiger partial charge in [0.2, 0.25) is 5.91 Å². The minimum atomic E-state index is 0.108. The van der Waals surface area contributed by atoms with E-state index in [9.17, 15) is 4.79 Å². The lowest BCUT2D eigenvalue weighted by atomic mass is 10.1. The fraction of sp³-hybridized carbons (Fsp3) is 0.533. The number of benzene rings is 1. The monoisotopic (exact) mass is 311 g/mol. The van der Waals surface area contributed by atoms with Crippen LogP contribution in [-0.4, -0.2) is 10.7 Å². The normalized spacial score (nSPS) is 12.2. The van der Waals surface area contributed by atoms with Gasteiger partial charge >= 0.3 is 0 Å². The van der Waals surface area contributed by atoms with Gasteiger partial charge in [-0.25, -0.2) is 0 Å². The Labute approximate surface area is 118 Å². The van der Waals surface area contributed by atoms with Crippen LogP contribution in [0.3, 0.4) is 0 Å². The molecule has 3 heteroatoms. The fourth-order valence-corrected chi connectivity index (χ4v) is 2.06. The molecule has 1 amide bonds. The molecule has 1 aromatic carbocycles. The van der Waals surface area contributed by atoms with Crippen LogP contribution in [0.15, 0.2) is 24.3 Å². The molecule has 0 aliphatic heterocycles. The van der Waals surface area contributed by atoms with Crippen LogP contribution in [0.1, 0.15) is 45.1 Å². The van der Waals surface area contributed by atoms with Gasteiger partial charge in [0.1, 0.15) is 0 Å². The second-order valence-corrected chi connectivity index (χ2v) is 5.85. The molecule has 2 nitrogen and oxygen atoms in total. The maximum absolute atomic E-state index is 11.6. The van der Waals surface area contributed by atoms with Crippen LogP contribution < -0.4 is 5.32 Å². The molecular weight excluding hydrogens is 290 g/mol. The predicted octanol–water partition coefficient (Wildman–Crippen LogP) is 4.53. The zero-order chi connectivity index (χ0) is 13.4. The molecule has 0 aliphatic carbocycles. The minimum Gasteiger partial charge on any atom is -0.326 e. The third-order valence-corrected chi connectivity index (χ3v) is 3.87. The quantitative estimate of drug-likeness (QED) is 0.736. The Kier molecular flexibility index (Phi) is 7.02. The van der Waals surface area contributed by atoms with Gasteiger partial charge in [-0.2, -0.15) is 0 Å². The molecule has 0 saturated carbocycles. The first kappa shape index (κ1) is 15.2. The Morgan fingerprint density at radius 2 is 1.94 bits per heavy atom. The number of rotatable bonds is 7. The third kappa shape index (κ3) is 5.67. The molecule has 0 aliphatic rings.